The van der Waals surface area contributed by atoms with Crippen LogP contribution in [-0.4, -0.2) is 24.5 Å². The van der Waals surface area contributed by atoms with Gasteiger partial charge in [0.15, 0.2) is 0 Å². The zero-order valence-corrected chi connectivity index (χ0v) is 7.20. The molecule has 2 heterocycles. The minimum absolute atomic E-state index is 1.12. The molecule has 2 aromatic rings. The van der Waals surface area contributed by atoms with Gasteiger partial charge in [0, 0.05) is 25.1 Å². The minimum atomic E-state index is 1.12. The third-order valence-corrected chi connectivity index (χ3v) is 2.00. The van der Waals surface area contributed by atoms with Crippen molar-refractivity contribution in [2.24, 2.45) is 0 Å². The molecule has 0 aliphatic heterocycles. The highest BCUT2D eigenvalue weighted by Gasteiger charge is 1.98. The third kappa shape index (κ3) is 0.960. The van der Waals surface area contributed by atoms with Gasteiger partial charge in [0.25, 0.3) is 0 Å². The number of rotatable bonds is 1. The Kier molecular flexibility index (Phi) is 1.53. The number of hydrogen-bond donors (Lipinski definition) is 1. The summed E-state index contributed by atoms with van der Waals surface area (Å²) >= 11 is 0. The Balaban J connectivity index is 2.71. The first-order chi connectivity index (χ1) is 5.81. The first-order valence-electron chi connectivity index (χ1n) is 3.93. The summed E-state index contributed by atoms with van der Waals surface area (Å²) in [4.78, 5) is 0. The standard InChI is InChI=1S/C8H10BN3/c1-10-6-2-3-12-8(4-6)7(9)5-11-12/h2-5,10H,9H2,1H3. The van der Waals surface area contributed by atoms with Gasteiger partial charge in [-0.15, -0.1) is 0 Å². The Hall–Kier alpha value is -1.45. The van der Waals surface area contributed by atoms with Crippen molar-refractivity contribution in [3.05, 3.63) is 24.5 Å². The van der Waals surface area contributed by atoms with Gasteiger partial charge >= 0.3 is 0 Å². The molecule has 4 heteroatoms. The molecule has 2 rings (SSSR count). The quantitative estimate of drug-likeness (QED) is 0.575. The van der Waals surface area contributed by atoms with Crippen LogP contribution in [0.4, 0.5) is 5.69 Å². The second-order valence-corrected chi connectivity index (χ2v) is 2.82. The molecule has 0 saturated carbocycles. The molecule has 60 valence electrons. The Morgan fingerprint density at radius 3 is 3.17 bits per heavy atom. The second kappa shape index (κ2) is 2.55. The van der Waals surface area contributed by atoms with Gasteiger partial charge in [-0.1, -0.05) is 0 Å². The van der Waals surface area contributed by atoms with Crippen molar-refractivity contribution < 1.29 is 0 Å². The van der Waals surface area contributed by atoms with Crippen LogP contribution in [0.2, 0.25) is 0 Å². The molecule has 3 nitrogen and oxygen atoms in total. The number of hydrogen-bond acceptors (Lipinski definition) is 2. The van der Waals surface area contributed by atoms with E-state index in [9.17, 15) is 0 Å². The minimum Gasteiger partial charge on any atom is -0.388 e. The molecule has 0 unspecified atom stereocenters. The van der Waals surface area contributed by atoms with E-state index in [-0.39, 0.29) is 0 Å². The predicted octanol–water partition coefficient (Wildman–Crippen LogP) is -0.366. The Bertz CT molecular complexity index is 408. The van der Waals surface area contributed by atoms with Crippen LogP contribution >= 0.6 is 0 Å². The first kappa shape index (κ1) is 7.22. The van der Waals surface area contributed by atoms with E-state index >= 15 is 0 Å². The first-order valence-corrected chi connectivity index (χ1v) is 3.93. The number of fused-ring (bicyclic) bond motifs is 1. The molecule has 0 radical (unpaired) electrons. The maximum Gasteiger partial charge on any atom is 0.144 e. The van der Waals surface area contributed by atoms with Crippen LogP contribution < -0.4 is 10.8 Å². The number of anilines is 1. The fourth-order valence-electron chi connectivity index (χ4n) is 1.26. The Labute approximate surface area is 71.8 Å². The van der Waals surface area contributed by atoms with Gasteiger partial charge in [-0.25, -0.2) is 4.52 Å². The van der Waals surface area contributed by atoms with Crippen LogP contribution in [-0.2, 0) is 0 Å². The maximum absolute atomic E-state index is 4.18. The summed E-state index contributed by atoms with van der Waals surface area (Å²) in [5, 5.41) is 7.28. The molecule has 0 aliphatic carbocycles. The van der Waals surface area contributed by atoms with Crippen molar-refractivity contribution >= 4 is 24.5 Å². The number of aromatic nitrogens is 2. The zero-order valence-electron chi connectivity index (χ0n) is 7.20. The highest BCUT2D eigenvalue weighted by Crippen LogP contribution is 2.08. The fourth-order valence-corrected chi connectivity index (χ4v) is 1.26. The zero-order chi connectivity index (χ0) is 8.55. The highest BCUT2D eigenvalue weighted by molar-refractivity contribution is 6.36. The topological polar surface area (TPSA) is 29.3 Å². The third-order valence-electron chi connectivity index (χ3n) is 2.00. The van der Waals surface area contributed by atoms with Crippen LogP contribution in [0.25, 0.3) is 5.52 Å². The van der Waals surface area contributed by atoms with Crippen molar-refractivity contribution in [2.45, 2.75) is 0 Å². The Morgan fingerprint density at radius 1 is 1.58 bits per heavy atom. The number of nitrogens with zero attached hydrogens (tertiary/aromatic N) is 2. The molecule has 0 aliphatic rings. The summed E-state index contributed by atoms with van der Waals surface area (Å²) in [6.45, 7) is 0. The van der Waals surface area contributed by atoms with Gasteiger partial charge in [-0.05, 0) is 17.6 Å². The van der Waals surface area contributed by atoms with E-state index in [1.165, 1.54) is 5.46 Å². The summed E-state index contributed by atoms with van der Waals surface area (Å²) in [5.41, 5.74) is 3.47. The molecule has 0 bridgehead atoms. The predicted molar refractivity (Wildman–Crippen MR) is 52.9 cm³/mol. The molecule has 0 fully saturated rings. The van der Waals surface area contributed by atoms with Crippen LogP contribution in [0.1, 0.15) is 0 Å². The molecular weight excluding hydrogens is 149 g/mol. The molecule has 0 amide bonds. The van der Waals surface area contributed by atoms with Gasteiger partial charge in [-0.2, -0.15) is 5.10 Å². The van der Waals surface area contributed by atoms with Crippen molar-refractivity contribution in [3.8, 4) is 0 Å². The Morgan fingerprint density at radius 2 is 2.42 bits per heavy atom. The van der Waals surface area contributed by atoms with Crippen molar-refractivity contribution in [1.29, 1.82) is 0 Å². The largest absolute Gasteiger partial charge is 0.388 e. The average molecular weight is 159 g/mol. The molecule has 12 heavy (non-hydrogen) atoms. The van der Waals surface area contributed by atoms with E-state index in [4.69, 9.17) is 0 Å². The van der Waals surface area contributed by atoms with Gasteiger partial charge in [-0.3, -0.25) is 0 Å². The van der Waals surface area contributed by atoms with Gasteiger partial charge < -0.3 is 5.32 Å². The molecule has 0 spiro atoms. The summed E-state index contributed by atoms with van der Waals surface area (Å²) in [7, 11) is 3.97. The van der Waals surface area contributed by atoms with E-state index in [2.05, 4.69) is 24.3 Å². The van der Waals surface area contributed by atoms with E-state index in [1.54, 1.807) is 0 Å². The van der Waals surface area contributed by atoms with Crippen LogP contribution in [0, 0.1) is 0 Å². The van der Waals surface area contributed by atoms with Crippen LogP contribution in [0.15, 0.2) is 24.5 Å². The molecular formula is C8H10BN3. The maximum atomic E-state index is 4.18. The lowest BCUT2D eigenvalue weighted by atomic mass is 9.98. The lowest BCUT2D eigenvalue weighted by Crippen LogP contribution is -2.00. The van der Waals surface area contributed by atoms with Gasteiger partial charge in [0.1, 0.15) is 7.85 Å². The van der Waals surface area contributed by atoms with E-state index < -0.39 is 0 Å². The van der Waals surface area contributed by atoms with Crippen LogP contribution in [0.5, 0.6) is 0 Å². The molecule has 2 aromatic heterocycles. The number of nitrogens with one attached hydrogen (secondary N) is 1. The van der Waals surface area contributed by atoms with Gasteiger partial charge in [0.2, 0.25) is 0 Å². The fraction of sp³-hybridized carbons (Fsp3) is 0.125. The molecule has 0 saturated heterocycles. The van der Waals surface area contributed by atoms with E-state index in [0.717, 1.165) is 11.2 Å². The highest BCUT2D eigenvalue weighted by atomic mass is 15.2. The van der Waals surface area contributed by atoms with E-state index in [0.29, 0.717) is 0 Å². The monoisotopic (exact) mass is 159 g/mol. The SMILES string of the molecule is Bc1cnn2ccc(NC)cc12. The normalized spacial score (nSPS) is 10.4. The summed E-state index contributed by atoms with van der Waals surface area (Å²) in [6.07, 6.45) is 3.82. The van der Waals surface area contributed by atoms with E-state index in [1.807, 2.05) is 30.0 Å². The molecule has 1 N–H and O–H groups in total. The second-order valence-electron chi connectivity index (χ2n) is 2.82. The lowest BCUT2D eigenvalue weighted by molar-refractivity contribution is 0.961. The smallest absolute Gasteiger partial charge is 0.144 e. The lowest BCUT2D eigenvalue weighted by Gasteiger charge is -2.00. The average Bonchev–Trinajstić information content (AvgIpc) is 2.47. The summed E-state index contributed by atoms with van der Waals surface area (Å²) in [6, 6.07) is 4.09. The van der Waals surface area contributed by atoms with Crippen molar-refractivity contribution in [1.82, 2.24) is 9.61 Å². The van der Waals surface area contributed by atoms with Crippen molar-refractivity contribution in [2.75, 3.05) is 12.4 Å². The summed E-state index contributed by atoms with van der Waals surface area (Å²) in [5.74, 6) is 0. The van der Waals surface area contributed by atoms with Gasteiger partial charge in [0.05, 0.1) is 5.52 Å². The number of pyridine rings is 1. The molecule has 0 atom stereocenters. The molecule has 0 aromatic carbocycles. The van der Waals surface area contributed by atoms with Crippen molar-refractivity contribution in [3.63, 3.8) is 0 Å². The van der Waals surface area contributed by atoms with Crippen LogP contribution in [0.3, 0.4) is 0 Å². The summed E-state index contributed by atoms with van der Waals surface area (Å²) < 4.78 is 1.87.